The van der Waals surface area contributed by atoms with Gasteiger partial charge in [-0.3, -0.25) is 9.69 Å². The van der Waals surface area contributed by atoms with Crippen molar-refractivity contribution < 1.29 is 23.5 Å². The highest BCUT2D eigenvalue weighted by Crippen LogP contribution is 2.35. The van der Waals surface area contributed by atoms with Crippen molar-refractivity contribution in [3.8, 4) is 0 Å². The van der Waals surface area contributed by atoms with Crippen LogP contribution in [0.25, 0.3) is 0 Å². The Balaban J connectivity index is 1.48. The molecule has 3 aliphatic heterocycles. The minimum absolute atomic E-state index is 0.177. The molecule has 2 unspecified atom stereocenters. The average Bonchev–Trinajstić information content (AvgIpc) is 3.12. The lowest BCUT2D eigenvalue weighted by Gasteiger charge is -2.27. The second kappa shape index (κ2) is 6.75. The van der Waals surface area contributed by atoms with Crippen molar-refractivity contribution in [2.45, 2.75) is 38.0 Å². The second-order valence-electron chi connectivity index (χ2n) is 7.01. The highest BCUT2D eigenvalue weighted by Gasteiger charge is 2.38. The van der Waals surface area contributed by atoms with Gasteiger partial charge in [0, 0.05) is 26.1 Å². The molecule has 3 heterocycles. The van der Waals surface area contributed by atoms with Crippen LogP contribution in [0, 0.1) is 5.82 Å². The molecule has 0 saturated carbocycles. The molecule has 8 heteroatoms. The Morgan fingerprint density at radius 3 is 2.96 bits per heavy atom. The van der Waals surface area contributed by atoms with E-state index in [2.05, 4.69) is 10.2 Å². The van der Waals surface area contributed by atoms with Crippen molar-refractivity contribution in [2.24, 2.45) is 0 Å². The van der Waals surface area contributed by atoms with E-state index in [-0.39, 0.29) is 30.9 Å². The average molecular weight is 363 g/mol. The zero-order chi connectivity index (χ0) is 18.3. The Hall–Kier alpha value is -2.35. The molecule has 7 nitrogen and oxygen atoms in total. The van der Waals surface area contributed by atoms with Crippen LogP contribution in [0.1, 0.15) is 19.8 Å². The van der Waals surface area contributed by atoms with Crippen LogP contribution in [0.3, 0.4) is 0 Å². The van der Waals surface area contributed by atoms with Crippen LogP contribution in [0.5, 0.6) is 0 Å². The van der Waals surface area contributed by atoms with Gasteiger partial charge in [0.2, 0.25) is 5.91 Å². The van der Waals surface area contributed by atoms with Crippen molar-refractivity contribution in [3.05, 3.63) is 24.0 Å². The molecular formula is C18H22FN3O4. The van der Waals surface area contributed by atoms with E-state index in [1.165, 1.54) is 17.9 Å². The largest absolute Gasteiger partial charge is 0.442 e. The van der Waals surface area contributed by atoms with Gasteiger partial charge in [0.1, 0.15) is 11.9 Å². The van der Waals surface area contributed by atoms with E-state index >= 15 is 0 Å². The van der Waals surface area contributed by atoms with Gasteiger partial charge >= 0.3 is 6.09 Å². The smallest absolute Gasteiger partial charge is 0.414 e. The van der Waals surface area contributed by atoms with E-state index in [9.17, 15) is 14.0 Å². The molecule has 3 atom stereocenters. The molecule has 0 spiro atoms. The van der Waals surface area contributed by atoms with Crippen molar-refractivity contribution in [1.29, 1.82) is 0 Å². The highest BCUT2D eigenvalue weighted by atomic mass is 19.1. The molecule has 26 heavy (non-hydrogen) atoms. The van der Waals surface area contributed by atoms with Crippen molar-refractivity contribution in [3.63, 3.8) is 0 Å². The molecule has 3 saturated heterocycles. The fraction of sp³-hybridized carbons (Fsp3) is 0.556. The molecule has 1 aromatic rings. The number of carbonyl (C=O) groups is 2. The lowest BCUT2D eigenvalue weighted by molar-refractivity contribution is -0.119. The number of fused-ring (bicyclic) bond motifs is 2. The molecule has 140 valence electrons. The maximum atomic E-state index is 14.8. The normalized spacial score (nSPS) is 27.6. The SMILES string of the molecule is CC(=O)NC[C@H]1CN(c2ccc(N3CC4CC3CCO4)c(F)c2)C(=O)O1. The van der Waals surface area contributed by atoms with E-state index in [1.54, 1.807) is 12.1 Å². The Morgan fingerprint density at radius 1 is 1.38 bits per heavy atom. The first-order valence-electron chi connectivity index (χ1n) is 8.91. The molecule has 0 radical (unpaired) electrons. The van der Waals surface area contributed by atoms with Crippen LogP contribution >= 0.6 is 0 Å². The molecule has 1 N–H and O–H groups in total. The van der Waals surface area contributed by atoms with E-state index < -0.39 is 12.2 Å². The quantitative estimate of drug-likeness (QED) is 0.881. The third kappa shape index (κ3) is 3.21. The summed E-state index contributed by atoms with van der Waals surface area (Å²) in [6, 6.07) is 5.15. The third-order valence-electron chi connectivity index (χ3n) is 5.19. The summed E-state index contributed by atoms with van der Waals surface area (Å²) in [4.78, 5) is 26.5. The number of carbonyl (C=O) groups excluding carboxylic acids is 2. The standard InChI is InChI=1S/C18H22FN3O4/c1-11(23)20-8-15-10-22(18(24)26-15)12-2-3-17(16(19)7-12)21-9-14-6-13(21)4-5-25-14/h2-3,7,13-15H,4-6,8-10H2,1H3,(H,20,23)/t13?,14?,15-/m0/s1. The monoisotopic (exact) mass is 363 g/mol. The van der Waals surface area contributed by atoms with Crippen molar-refractivity contribution in [1.82, 2.24) is 5.32 Å². The Kier molecular flexibility index (Phi) is 4.44. The fourth-order valence-electron chi connectivity index (χ4n) is 3.93. The van der Waals surface area contributed by atoms with Gasteiger partial charge in [-0.25, -0.2) is 9.18 Å². The molecule has 3 aliphatic rings. The topological polar surface area (TPSA) is 71.1 Å². The number of hydrogen-bond acceptors (Lipinski definition) is 5. The predicted molar refractivity (Wildman–Crippen MR) is 92.8 cm³/mol. The van der Waals surface area contributed by atoms with Crippen LogP contribution in [0.15, 0.2) is 18.2 Å². The van der Waals surface area contributed by atoms with Crippen LogP contribution in [0.4, 0.5) is 20.6 Å². The van der Waals surface area contributed by atoms with E-state index in [0.717, 1.165) is 19.4 Å². The molecule has 2 bridgehead atoms. The van der Waals surface area contributed by atoms with Crippen molar-refractivity contribution in [2.75, 3.05) is 36.0 Å². The Labute approximate surface area is 151 Å². The van der Waals surface area contributed by atoms with Gasteiger partial charge in [-0.15, -0.1) is 0 Å². The number of nitrogens with zero attached hydrogens (tertiary/aromatic N) is 2. The first-order valence-corrected chi connectivity index (χ1v) is 8.91. The summed E-state index contributed by atoms with van der Waals surface area (Å²) in [7, 11) is 0. The molecule has 0 aromatic heterocycles. The number of anilines is 2. The van der Waals surface area contributed by atoms with Gasteiger partial charge in [0.25, 0.3) is 0 Å². The lowest BCUT2D eigenvalue weighted by Crippen LogP contribution is -2.33. The first kappa shape index (κ1) is 17.1. The summed E-state index contributed by atoms with van der Waals surface area (Å²) in [5.41, 5.74) is 1.01. The maximum absolute atomic E-state index is 14.8. The molecular weight excluding hydrogens is 341 g/mol. The van der Waals surface area contributed by atoms with E-state index in [0.29, 0.717) is 24.0 Å². The van der Waals surface area contributed by atoms with Gasteiger partial charge in [-0.05, 0) is 31.0 Å². The van der Waals surface area contributed by atoms with Crippen LogP contribution in [0.2, 0.25) is 0 Å². The molecule has 1 aromatic carbocycles. The van der Waals surface area contributed by atoms with Crippen LogP contribution in [-0.2, 0) is 14.3 Å². The summed E-state index contributed by atoms with van der Waals surface area (Å²) in [6.07, 6.45) is 1.05. The van der Waals surface area contributed by atoms with Gasteiger partial charge in [0.05, 0.1) is 30.6 Å². The fourth-order valence-corrected chi connectivity index (χ4v) is 3.93. The summed E-state index contributed by atoms with van der Waals surface area (Å²) in [6.45, 7) is 3.35. The van der Waals surface area contributed by atoms with Crippen LogP contribution in [-0.4, -0.2) is 56.5 Å². The number of rotatable bonds is 4. The van der Waals surface area contributed by atoms with E-state index in [4.69, 9.17) is 9.47 Å². The van der Waals surface area contributed by atoms with Gasteiger partial charge in [0.15, 0.2) is 0 Å². The van der Waals surface area contributed by atoms with E-state index in [1.807, 2.05) is 0 Å². The maximum Gasteiger partial charge on any atom is 0.414 e. The minimum atomic E-state index is -0.530. The molecule has 0 aliphatic carbocycles. The number of ether oxygens (including phenoxy) is 2. The lowest BCUT2D eigenvalue weighted by atomic mass is 10.1. The molecule has 3 fully saturated rings. The molecule has 2 amide bonds. The summed E-state index contributed by atoms with van der Waals surface area (Å²) >= 11 is 0. The molecule has 4 rings (SSSR count). The van der Waals surface area contributed by atoms with Crippen LogP contribution < -0.4 is 15.1 Å². The zero-order valence-corrected chi connectivity index (χ0v) is 14.6. The van der Waals surface area contributed by atoms with Crippen molar-refractivity contribution >= 4 is 23.4 Å². The number of cyclic esters (lactones) is 1. The summed E-state index contributed by atoms with van der Waals surface area (Å²) < 4.78 is 25.7. The number of hydrogen-bond donors (Lipinski definition) is 1. The summed E-state index contributed by atoms with van der Waals surface area (Å²) in [5.74, 6) is -0.539. The predicted octanol–water partition coefficient (Wildman–Crippen LogP) is 1.65. The van der Waals surface area contributed by atoms with Gasteiger partial charge in [-0.2, -0.15) is 0 Å². The third-order valence-corrected chi connectivity index (χ3v) is 5.19. The minimum Gasteiger partial charge on any atom is -0.442 e. The van der Waals surface area contributed by atoms with Gasteiger partial charge in [-0.1, -0.05) is 0 Å². The number of halogens is 1. The number of nitrogens with one attached hydrogen (secondary N) is 1. The zero-order valence-electron chi connectivity index (χ0n) is 14.6. The Morgan fingerprint density at radius 2 is 2.23 bits per heavy atom. The van der Waals surface area contributed by atoms with Gasteiger partial charge < -0.3 is 19.7 Å². The number of benzene rings is 1. The Bertz CT molecular complexity index is 728. The first-order chi connectivity index (χ1) is 12.5. The number of amides is 2. The second-order valence-corrected chi connectivity index (χ2v) is 7.01. The summed E-state index contributed by atoms with van der Waals surface area (Å²) in [5, 5.41) is 2.62. The highest BCUT2D eigenvalue weighted by molar-refractivity contribution is 5.90.